The average Bonchev–Trinajstić information content (AvgIpc) is 2.14. The van der Waals surface area contributed by atoms with Gasteiger partial charge in [0.15, 0.2) is 12.4 Å². The molecule has 2 N–H and O–H groups in total. The van der Waals surface area contributed by atoms with Crippen LogP contribution in [0.5, 0.6) is 0 Å². The molecule has 0 aliphatic heterocycles. The molecule has 1 aromatic heterocycles. The number of aromatic amines is 1. The lowest BCUT2D eigenvalue weighted by atomic mass is 10.3. The van der Waals surface area contributed by atoms with Gasteiger partial charge in [-0.05, 0) is 12.8 Å². The quantitative estimate of drug-likeness (QED) is 0.618. The van der Waals surface area contributed by atoms with E-state index in [0.29, 0.717) is 13.0 Å². The molecule has 0 saturated heterocycles. The summed E-state index contributed by atoms with van der Waals surface area (Å²) in [7, 11) is 0. The predicted octanol–water partition coefficient (Wildman–Crippen LogP) is -0.557. The number of pyridine rings is 1. The SMILES string of the molecule is O=C([O-])CCCNc1cc[nH+]cc1. The van der Waals surface area contributed by atoms with Crippen LogP contribution in [0.2, 0.25) is 0 Å². The number of anilines is 1. The van der Waals surface area contributed by atoms with Crippen LogP contribution in [-0.4, -0.2) is 12.5 Å². The van der Waals surface area contributed by atoms with Crippen LogP contribution in [0.4, 0.5) is 5.69 Å². The van der Waals surface area contributed by atoms with E-state index in [4.69, 9.17) is 0 Å². The maximum absolute atomic E-state index is 10.1. The van der Waals surface area contributed by atoms with Crippen molar-refractivity contribution in [2.45, 2.75) is 12.8 Å². The summed E-state index contributed by atoms with van der Waals surface area (Å²) < 4.78 is 0. The highest BCUT2D eigenvalue weighted by atomic mass is 16.4. The fraction of sp³-hybridized carbons (Fsp3) is 0.333. The van der Waals surface area contributed by atoms with E-state index in [-0.39, 0.29) is 6.42 Å². The number of carbonyl (C=O) groups is 1. The molecule has 0 atom stereocenters. The topological polar surface area (TPSA) is 66.3 Å². The summed E-state index contributed by atoms with van der Waals surface area (Å²) in [5, 5.41) is 13.2. The van der Waals surface area contributed by atoms with E-state index >= 15 is 0 Å². The van der Waals surface area contributed by atoms with Crippen molar-refractivity contribution in [2.24, 2.45) is 0 Å². The van der Waals surface area contributed by atoms with Gasteiger partial charge in [0.1, 0.15) is 0 Å². The Bertz CT molecular complexity index is 262. The second kappa shape index (κ2) is 5.13. The molecule has 70 valence electrons. The highest BCUT2D eigenvalue weighted by Crippen LogP contribution is 2.01. The first-order valence-electron chi connectivity index (χ1n) is 4.19. The molecule has 0 unspecified atom stereocenters. The van der Waals surface area contributed by atoms with Crippen molar-refractivity contribution in [1.29, 1.82) is 0 Å². The van der Waals surface area contributed by atoms with E-state index in [1.807, 2.05) is 12.1 Å². The molecule has 0 fully saturated rings. The Morgan fingerprint density at radius 2 is 2.15 bits per heavy atom. The summed E-state index contributed by atoms with van der Waals surface area (Å²) in [5.74, 6) is -0.997. The van der Waals surface area contributed by atoms with Crippen LogP contribution >= 0.6 is 0 Å². The molecule has 0 radical (unpaired) electrons. The fourth-order valence-corrected chi connectivity index (χ4v) is 0.970. The lowest BCUT2D eigenvalue weighted by Gasteiger charge is -2.04. The number of rotatable bonds is 5. The van der Waals surface area contributed by atoms with E-state index in [9.17, 15) is 9.90 Å². The normalized spacial score (nSPS) is 9.54. The minimum atomic E-state index is -0.997. The molecule has 0 bridgehead atoms. The number of aromatic nitrogens is 1. The molecule has 4 nitrogen and oxygen atoms in total. The van der Waals surface area contributed by atoms with Gasteiger partial charge < -0.3 is 15.2 Å². The van der Waals surface area contributed by atoms with E-state index in [2.05, 4.69) is 10.3 Å². The molecule has 0 spiro atoms. The van der Waals surface area contributed by atoms with Gasteiger partial charge in [-0.1, -0.05) is 0 Å². The van der Waals surface area contributed by atoms with Crippen LogP contribution in [0, 0.1) is 0 Å². The average molecular weight is 180 g/mol. The fourth-order valence-electron chi connectivity index (χ4n) is 0.970. The molecule has 1 rings (SSSR count). The first kappa shape index (κ1) is 9.51. The van der Waals surface area contributed by atoms with Crippen LogP contribution in [0.3, 0.4) is 0 Å². The smallest absolute Gasteiger partial charge is 0.169 e. The number of H-pyrrole nitrogens is 1. The first-order chi connectivity index (χ1) is 6.29. The number of carboxylic acids is 1. The number of aliphatic carboxylic acids is 1. The van der Waals surface area contributed by atoms with Crippen LogP contribution in [0.25, 0.3) is 0 Å². The van der Waals surface area contributed by atoms with Gasteiger partial charge in [0.2, 0.25) is 0 Å². The number of hydrogen-bond acceptors (Lipinski definition) is 3. The maximum Gasteiger partial charge on any atom is 0.169 e. The second-order valence-electron chi connectivity index (χ2n) is 2.69. The summed E-state index contributed by atoms with van der Waals surface area (Å²) in [6.45, 7) is 0.651. The number of carboxylic acid groups (broad SMARTS) is 1. The third-order valence-corrected chi connectivity index (χ3v) is 1.61. The lowest BCUT2D eigenvalue weighted by molar-refractivity contribution is -0.377. The van der Waals surface area contributed by atoms with Gasteiger partial charge in [-0.15, -0.1) is 0 Å². The molecule has 13 heavy (non-hydrogen) atoms. The summed E-state index contributed by atoms with van der Waals surface area (Å²) >= 11 is 0. The maximum atomic E-state index is 10.1. The van der Waals surface area contributed by atoms with E-state index in [1.165, 1.54) is 0 Å². The molecule has 0 aliphatic rings. The van der Waals surface area contributed by atoms with E-state index < -0.39 is 5.97 Å². The zero-order valence-electron chi connectivity index (χ0n) is 7.25. The molecule has 0 aromatic carbocycles. The molecule has 0 aliphatic carbocycles. The van der Waals surface area contributed by atoms with Gasteiger partial charge in [0.25, 0.3) is 0 Å². The molecule has 1 aromatic rings. The third-order valence-electron chi connectivity index (χ3n) is 1.61. The van der Waals surface area contributed by atoms with Gasteiger partial charge in [-0.25, -0.2) is 4.98 Å². The molecular weight excluding hydrogens is 168 g/mol. The Labute approximate surface area is 76.6 Å². The van der Waals surface area contributed by atoms with Gasteiger partial charge in [-0.2, -0.15) is 0 Å². The Hall–Kier alpha value is -1.58. The lowest BCUT2D eigenvalue weighted by Crippen LogP contribution is -2.22. The molecule has 1 heterocycles. The van der Waals surface area contributed by atoms with E-state index in [0.717, 1.165) is 5.69 Å². The van der Waals surface area contributed by atoms with Gasteiger partial charge >= 0.3 is 0 Å². The van der Waals surface area contributed by atoms with Crippen molar-refractivity contribution < 1.29 is 14.9 Å². The molecule has 4 heteroatoms. The van der Waals surface area contributed by atoms with Gasteiger partial charge in [0, 0.05) is 30.3 Å². The van der Waals surface area contributed by atoms with Crippen LogP contribution in [0.15, 0.2) is 24.5 Å². The number of hydrogen-bond donors (Lipinski definition) is 1. The molecular formula is C9H12N2O2. The summed E-state index contributed by atoms with van der Waals surface area (Å²) in [4.78, 5) is 13.0. The summed E-state index contributed by atoms with van der Waals surface area (Å²) in [6, 6.07) is 3.78. The molecule has 0 saturated carbocycles. The zero-order chi connectivity index (χ0) is 9.52. The Kier molecular flexibility index (Phi) is 3.75. The van der Waals surface area contributed by atoms with Crippen molar-refractivity contribution in [3.05, 3.63) is 24.5 Å². The highest BCUT2D eigenvalue weighted by Gasteiger charge is 1.91. The minimum Gasteiger partial charge on any atom is -0.550 e. The predicted molar refractivity (Wildman–Crippen MR) is 45.7 cm³/mol. The Balaban J connectivity index is 2.17. The van der Waals surface area contributed by atoms with Gasteiger partial charge in [0.05, 0.1) is 0 Å². The third kappa shape index (κ3) is 4.10. The van der Waals surface area contributed by atoms with Crippen molar-refractivity contribution in [3.63, 3.8) is 0 Å². The van der Waals surface area contributed by atoms with Crippen molar-refractivity contribution >= 4 is 11.7 Å². The van der Waals surface area contributed by atoms with Gasteiger partial charge in [-0.3, -0.25) is 0 Å². The standard InChI is InChI=1S/C9H12N2O2/c12-9(13)2-1-5-11-8-3-6-10-7-4-8/h3-4,6-7H,1-2,5H2,(H,10,11)(H,12,13). The van der Waals surface area contributed by atoms with Crippen LogP contribution in [0.1, 0.15) is 12.8 Å². The van der Waals surface area contributed by atoms with E-state index in [1.54, 1.807) is 12.4 Å². The number of carbonyl (C=O) groups excluding carboxylic acids is 1. The Morgan fingerprint density at radius 1 is 1.46 bits per heavy atom. The van der Waals surface area contributed by atoms with Crippen LogP contribution in [-0.2, 0) is 4.79 Å². The van der Waals surface area contributed by atoms with Crippen molar-refractivity contribution in [1.82, 2.24) is 0 Å². The highest BCUT2D eigenvalue weighted by molar-refractivity contribution is 5.64. The molecule has 0 amide bonds. The Morgan fingerprint density at radius 3 is 2.77 bits per heavy atom. The second-order valence-corrected chi connectivity index (χ2v) is 2.69. The van der Waals surface area contributed by atoms with Crippen molar-refractivity contribution in [2.75, 3.05) is 11.9 Å². The first-order valence-corrected chi connectivity index (χ1v) is 4.19. The summed E-state index contributed by atoms with van der Waals surface area (Å²) in [5.41, 5.74) is 0.983. The monoisotopic (exact) mass is 180 g/mol. The minimum absolute atomic E-state index is 0.103. The van der Waals surface area contributed by atoms with Crippen molar-refractivity contribution in [3.8, 4) is 0 Å². The van der Waals surface area contributed by atoms with Crippen LogP contribution < -0.4 is 15.4 Å². The number of nitrogens with one attached hydrogen (secondary N) is 2. The summed E-state index contributed by atoms with van der Waals surface area (Å²) in [6.07, 6.45) is 4.30. The largest absolute Gasteiger partial charge is 0.550 e. The zero-order valence-corrected chi connectivity index (χ0v) is 7.25.